The molecule has 5 heteroatoms. The van der Waals surface area contributed by atoms with Crippen LogP contribution in [0.15, 0.2) is 0 Å². The minimum Gasteiger partial charge on any atom is -0.386 e. The van der Waals surface area contributed by atoms with Gasteiger partial charge in [-0.2, -0.15) is 0 Å². The van der Waals surface area contributed by atoms with Crippen LogP contribution in [0.2, 0.25) is 0 Å². The molecule has 66 valence electrons. The zero-order chi connectivity index (χ0) is 9.23. The summed E-state index contributed by atoms with van der Waals surface area (Å²) in [5, 5.41) is 28.4. The average Bonchev–Trinajstić information content (AvgIpc) is 1.84. The maximum absolute atomic E-state index is 10.4. The van der Waals surface area contributed by atoms with Crippen LogP contribution in [0, 0.1) is 10.1 Å². The molecular formula is C6H13NO4. The highest BCUT2D eigenvalue weighted by Gasteiger charge is 2.47. The van der Waals surface area contributed by atoms with Crippen molar-refractivity contribution in [3.05, 3.63) is 10.1 Å². The van der Waals surface area contributed by atoms with Crippen molar-refractivity contribution in [2.24, 2.45) is 0 Å². The molecule has 0 spiro atoms. The van der Waals surface area contributed by atoms with E-state index in [9.17, 15) is 10.1 Å². The first kappa shape index (κ1) is 10.3. The molecule has 5 nitrogen and oxygen atoms in total. The second-order valence-corrected chi connectivity index (χ2v) is 2.83. The molecule has 0 radical (unpaired) electrons. The first-order chi connectivity index (χ1) is 4.83. The third kappa shape index (κ3) is 1.66. The second-order valence-electron chi connectivity index (χ2n) is 2.83. The van der Waals surface area contributed by atoms with Crippen molar-refractivity contribution >= 4 is 0 Å². The van der Waals surface area contributed by atoms with Crippen LogP contribution in [0.1, 0.15) is 20.8 Å². The van der Waals surface area contributed by atoms with Gasteiger partial charge < -0.3 is 10.2 Å². The Labute approximate surface area is 64.8 Å². The molecule has 0 fully saturated rings. The molecule has 0 saturated heterocycles. The van der Waals surface area contributed by atoms with Crippen molar-refractivity contribution in [1.82, 2.24) is 0 Å². The van der Waals surface area contributed by atoms with Crippen molar-refractivity contribution in [3.63, 3.8) is 0 Å². The quantitative estimate of drug-likeness (QED) is 0.445. The van der Waals surface area contributed by atoms with Crippen LogP contribution in [-0.4, -0.2) is 32.9 Å². The minimum atomic E-state index is -1.67. The summed E-state index contributed by atoms with van der Waals surface area (Å²) < 4.78 is 0. The van der Waals surface area contributed by atoms with Gasteiger partial charge in [0.1, 0.15) is 12.2 Å². The Morgan fingerprint density at radius 3 is 1.64 bits per heavy atom. The number of nitrogens with zero attached hydrogens (tertiary/aromatic N) is 1. The monoisotopic (exact) mass is 163 g/mol. The third-order valence-corrected chi connectivity index (χ3v) is 2.09. The van der Waals surface area contributed by atoms with Gasteiger partial charge in [-0.15, -0.1) is 0 Å². The number of aliphatic hydroxyl groups is 2. The highest BCUT2D eigenvalue weighted by Crippen LogP contribution is 2.18. The second kappa shape index (κ2) is 3.15. The minimum absolute atomic E-state index is 0.664. The zero-order valence-corrected chi connectivity index (χ0v) is 6.81. The topological polar surface area (TPSA) is 83.6 Å². The molecular weight excluding hydrogens is 150 g/mol. The number of rotatable bonds is 3. The first-order valence-electron chi connectivity index (χ1n) is 3.34. The van der Waals surface area contributed by atoms with E-state index in [-0.39, 0.29) is 0 Å². The SMILES string of the molecule is CC(O)C(C)(C(C)O)[N+](=O)[O-]. The largest absolute Gasteiger partial charge is 0.386 e. The Kier molecular flexibility index (Phi) is 2.95. The van der Waals surface area contributed by atoms with Gasteiger partial charge in [0.25, 0.3) is 5.54 Å². The lowest BCUT2D eigenvalue weighted by molar-refractivity contribution is -0.589. The van der Waals surface area contributed by atoms with E-state index in [0.29, 0.717) is 0 Å². The van der Waals surface area contributed by atoms with Crippen LogP contribution in [0.5, 0.6) is 0 Å². The molecule has 11 heavy (non-hydrogen) atoms. The van der Waals surface area contributed by atoms with Gasteiger partial charge in [0.2, 0.25) is 0 Å². The fourth-order valence-corrected chi connectivity index (χ4v) is 0.654. The smallest absolute Gasteiger partial charge is 0.269 e. The molecule has 0 aromatic carbocycles. The predicted molar refractivity (Wildman–Crippen MR) is 38.8 cm³/mol. The average molecular weight is 163 g/mol. The van der Waals surface area contributed by atoms with Gasteiger partial charge >= 0.3 is 0 Å². The summed E-state index contributed by atoms with van der Waals surface area (Å²) in [5.74, 6) is 0. The van der Waals surface area contributed by atoms with Crippen molar-refractivity contribution < 1.29 is 15.1 Å². The number of hydrogen-bond donors (Lipinski definition) is 2. The Bertz CT molecular complexity index is 147. The molecule has 0 saturated carbocycles. The molecule has 0 aliphatic carbocycles. The molecule has 0 bridgehead atoms. The van der Waals surface area contributed by atoms with Gasteiger partial charge in [-0.1, -0.05) is 0 Å². The van der Waals surface area contributed by atoms with E-state index in [1.54, 1.807) is 0 Å². The molecule has 0 aromatic heterocycles. The summed E-state index contributed by atoms with van der Waals surface area (Å²) in [6.45, 7) is 3.79. The van der Waals surface area contributed by atoms with Crippen molar-refractivity contribution in [3.8, 4) is 0 Å². The van der Waals surface area contributed by atoms with Crippen LogP contribution in [-0.2, 0) is 0 Å². The van der Waals surface area contributed by atoms with E-state index < -0.39 is 22.7 Å². The lowest BCUT2D eigenvalue weighted by Gasteiger charge is -2.25. The van der Waals surface area contributed by atoms with E-state index in [1.807, 2.05) is 0 Å². The van der Waals surface area contributed by atoms with Gasteiger partial charge in [0.15, 0.2) is 0 Å². The standard InChI is InChI=1S/C6H13NO4/c1-4(8)6(3,5(2)9)7(10)11/h4-5,8-9H,1-3H3. The highest BCUT2D eigenvalue weighted by molar-refractivity contribution is 4.84. The lowest BCUT2D eigenvalue weighted by Crippen LogP contribution is -2.53. The highest BCUT2D eigenvalue weighted by atomic mass is 16.6. The molecule has 0 rings (SSSR count). The molecule has 0 aliphatic heterocycles. The number of nitro groups is 1. The zero-order valence-electron chi connectivity index (χ0n) is 6.81. The Morgan fingerprint density at radius 1 is 1.36 bits per heavy atom. The molecule has 2 unspecified atom stereocenters. The van der Waals surface area contributed by atoms with E-state index in [2.05, 4.69) is 0 Å². The maximum Gasteiger partial charge on any atom is 0.269 e. The van der Waals surface area contributed by atoms with Crippen LogP contribution < -0.4 is 0 Å². The van der Waals surface area contributed by atoms with Crippen LogP contribution >= 0.6 is 0 Å². The fourth-order valence-electron chi connectivity index (χ4n) is 0.654. The Balaban J connectivity index is 4.67. The van der Waals surface area contributed by atoms with E-state index in [4.69, 9.17) is 10.2 Å². The van der Waals surface area contributed by atoms with Crippen molar-refractivity contribution in [1.29, 1.82) is 0 Å². The van der Waals surface area contributed by atoms with Crippen LogP contribution in [0.4, 0.5) is 0 Å². The molecule has 2 atom stereocenters. The van der Waals surface area contributed by atoms with Crippen LogP contribution in [0.3, 0.4) is 0 Å². The summed E-state index contributed by atoms with van der Waals surface area (Å²) in [4.78, 5) is 9.73. The lowest BCUT2D eigenvalue weighted by atomic mass is 9.91. The van der Waals surface area contributed by atoms with Crippen molar-refractivity contribution in [2.45, 2.75) is 38.5 Å². The molecule has 2 N–H and O–H groups in total. The summed E-state index contributed by atoms with van der Waals surface area (Å²) in [7, 11) is 0. The molecule has 0 amide bonds. The Hall–Kier alpha value is -0.680. The molecule has 0 aromatic rings. The summed E-state index contributed by atoms with van der Waals surface area (Å²) in [5.41, 5.74) is -1.67. The van der Waals surface area contributed by atoms with Gasteiger partial charge in [-0.25, -0.2) is 0 Å². The molecule has 0 aliphatic rings. The summed E-state index contributed by atoms with van der Waals surface area (Å²) >= 11 is 0. The number of hydrogen-bond acceptors (Lipinski definition) is 4. The van der Waals surface area contributed by atoms with Gasteiger partial charge in [-0.05, 0) is 13.8 Å². The summed E-state index contributed by atoms with van der Waals surface area (Å²) in [6.07, 6.45) is -2.34. The number of aliphatic hydroxyl groups excluding tert-OH is 2. The molecule has 0 heterocycles. The third-order valence-electron chi connectivity index (χ3n) is 2.09. The van der Waals surface area contributed by atoms with Crippen molar-refractivity contribution in [2.75, 3.05) is 0 Å². The summed E-state index contributed by atoms with van der Waals surface area (Å²) in [6, 6.07) is 0. The maximum atomic E-state index is 10.4. The van der Waals surface area contributed by atoms with Gasteiger partial charge in [0.05, 0.1) is 0 Å². The predicted octanol–water partition coefficient (Wildman–Crippen LogP) is -0.217. The Morgan fingerprint density at radius 2 is 1.64 bits per heavy atom. The fraction of sp³-hybridized carbons (Fsp3) is 1.00. The van der Waals surface area contributed by atoms with E-state index in [1.165, 1.54) is 20.8 Å². The van der Waals surface area contributed by atoms with Crippen LogP contribution in [0.25, 0.3) is 0 Å². The van der Waals surface area contributed by atoms with E-state index >= 15 is 0 Å². The first-order valence-corrected chi connectivity index (χ1v) is 3.34. The normalized spacial score (nSPS) is 21.9. The van der Waals surface area contributed by atoms with E-state index in [0.717, 1.165) is 0 Å². The van der Waals surface area contributed by atoms with Gasteiger partial charge in [-0.3, -0.25) is 10.1 Å². The van der Waals surface area contributed by atoms with Gasteiger partial charge in [0, 0.05) is 11.8 Å².